The highest BCUT2D eigenvalue weighted by atomic mass is 79.9. The molecule has 0 aromatic heterocycles. The zero-order valence-electron chi connectivity index (χ0n) is 17.9. The minimum Gasteiger partial charge on any atom is -0.472 e. The van der Waals surface area contributed by atoms with Crippen LogP contribution in [0.25, 0.3) is 0 Å². The fourth-order valence-electron chi connectivity index (χ4n) is 3.66. The largest absolute Gasteiger partial charge is 0.472 e. The minimum absolute atomic E-state index is 0.0226. The van der Waals surface area contributed by atoms with Crippen molar-refractivity contribution in [1.29, 1.82) is 0 Å². The quantitative estimate of drug-likeness (QED) is 0.564. The Bertz CT molecular complexity index is 991. The lowest BCUT2D eigenvalue weighted by atomic mass is 10.1. The van der Waals surface area contributed by atoms with Crippen LogP contribution in [0.1, 0.15) is 23.6 Å². The van der Waals surface area contributed by atoms with Gasteiger partial charge in [0.1, 0.15) is 24.4 Å². The van der Waals surface area contributed by atoms with E-state index in [2.05, 4.69) is 55.0 Å². The highest BCUT2D eigenvalue weighted by molar-refractivity contribution is 9.12. The summed E-state index contributed by atoms with van der Waals surface area (Å²) in [6.07, 6.45) is 1.80. The Labute approximate surface area is 195 Å². The summed E-state index contributed by atoms with van der Waals surface area (Å²) in [5.41, 5.74) is 2.76. The molecule has 2 aromatic carbocycles. The molecule has 0 bridgehead atoms. The Morgan fingerprint density at radius 2 is 1.75 bits per heavy atom. The number of hydrogen-bond acceptors (Lipinski definition) is 5. The maximum absolute atomic E-state index is 13.8. The third kappa shape index (κ3) is 5.94. The molecule has 2 aliphatic heterocycles. The summed E-state index contributed by atoms with van der Waals surface area (Å²) in [7, 11) is 0. The molecule has 170 valence electrons. The predicted octanol–water partition coefficient (Wildman–Crippen LogP) is 4.81. The molecule has 0 amide bonds. The van der Waals surface area contributed by atoms with Gasteiger partial charge in [-0.3, -0.25) is 4.90 Å². The van der Waals surface area contributed by atoms with Crippen molar-refractivity contribution < 1.29 is 18.3 Å². The van der Waals surface area contributed by atoms with Crippen LogP contribution in [-0.2, 0) is 29.2 Å². The first-order chi connectivity index (χ1) is 15.5. The molecule has 5 nitrogen and oxygen atoms in total. The number of aliphatic imine (C=N–C) groups is 1. The molecule has 32 heavy (non-hydrogen) atoms. The highest BCUT2D eigenvalue weighted by Crippen LogP contribution is 2.23. The zero-order valence-corrected chi connectivity index (χ0v) is 19.5. The average molecular weight is 506 g/mol. The van der Waals surface area contributed by atoms with E-state index in [0.29, 0.717) is 16.9 Å². The molecule has 1 atom stereocenters. The summed E-state index contributed by atoms with van der Waals surface area (Å²) in [6, 6.07) is 12.1. The topological polar surface area (TPSA) is 37.3 Å². The van der Waals surface area contributed by atoms with Crippen LogP contribution in [0.5, 0.6) is 0 Å². The summed E-state index contributed by atoms with van der Waals surface area (Å²) in [5.74, 6) is -0.840. The lowest BCUT2D eigenvalue weighted by molar-refractivity contribution is 0.0342. The van der Waals surface area contributed by atoms with Crippen LogP contribution in [0, 0.1) is 11.6 Å². The van der Waals surface area contributed by atoms with Gasteiger partial charge in [-0.1, -0.05) is 24.3 Å². The van der Waals surface area contributed by atoms with Crippen molar-refractivity contribution in [2.75, 3.05) is 26.3 Å². The number of morpholine rings is 1. The molecular weight excluding hydrogens is 480 g/mol. The molecule has 2 aliphatic rings. The first-order valence-electron chi connectivity index (χ1n) is 10.6. The van der Waals surface area contributed by atoms with Gasteiger partial charge in [0.2, 0.25) is 5.90 Å². The second kappa shape index (κ2) is 10.6. The minimum atomic E-state index is -0.631. The molecule has 0 saturated carbocycles. The van der Waals surface area contributed by atoms with Crippen molar-refractivity contribution in [3.8, 4) is 0 Å². The molecule has 2 aromatic rings. The van der Waals surface area contributed by atoms with E-state index in [1.807, 2.05) is 13.1 Å². The first-order valence-corrected chi connectivity index (χ1v) is 11.4. The number of hydrogen-bond donors (Lipinski definition) is 0. The Hall–Kier alpha value is -2.29. The number of nitrogens with zero attached hydrogens (tertiary/aromatic N) is 3. The van der Waals surface area contributed by atoms with E-state index < -0.39 is 11.6 Å². The fourth-order valence-corrected chi connectivity index (χ4v) is 4.14. The predicted molar refractivity (Wildman–Crippen MR) is 123 cm³/mol. The Morgan fingerprint density at radius 1 is 1.06 bits per heavy atom. The Kier molecular flexibility index (Phi) is 7.55. The van der Waals surface area contributed by atoms with Crippen LogP contribution in [0.3, 0.4) is 0 Å². The summed E-state index contributed by atoms with van der Waals surface area (Å²) < 4.78 is 38.7. The summed E-state index contributed by atoms with van der Waals surface area (Å²) in [5, 5.41) is 0. The summed E-state index contributed by atoms with van der Waals surface area (Å²) in [4.78, 5) is 9.09. The zero-order chi connectivity index (χ0) is 22.5. The van der Waals surface area contributed by atoms with Crippen molar-refractivity contribution in [1.82, 2.24) is 9.80 Å². The number of rotatable bonds is 6. The van der Waals surface area contributed by atoms with Crippen LogP contribution in [0.4, 0.5) is 8.78 Å². The van der Waals surface area contributed by atoms with Gasteiger partial charge >= 0.3 is 0 Å². The van der Waals surface area contributed by atoms with Gasteiger partial charge in [-0.25, -0.2) is 13.8 Å². The van der Waals surface area contributed by atoms with Crippen molar-refractivity contribution in [3.63, 3.8) is 0 Å². The van der Waals surface area contributed by atoms with Gasteiger partial charge in [-0.2, -0.15) is 0 Å². The van der Waals surface area contributed by atoms with Crippen molar-refractivity contribution in [3.05, 3.63) is 81.5 Å². The highest BCUT2D eigenvalue weighted by Gasteiger charge is 2.21. The molecule has 8 heteroatoms. The molecule has 4 rings (SSSR count). The third-order valence-corrected chi connectivity index (χ3v) is 6.09. The molecular formula is C24H26BrF2N3O2. The molecule has 2 heterocycles. The standard InChI is InChI=1S/C24H26BrF2N3O2/c1-17-28-24(32-16-20-6-7-21(26)12-23(20)27)22(25)15-30(17)14-19-4-2-18(3-5-19)13-29-8-10-31-11-9-29/h2-7,12,15,17H,8-11,13-14,16H2,1H3. The van der Waals surface area contributed by atoms with Crippen molar-refractivity contribution in [2.45, 2.75) is 32.8 Å². The van der Waals surface area contributed by atoms with E-state index in [1.54, 1.807) is 0 Å². The number of benzene rings is 2. The molecule has 1 saturated heterocycles. The van der Waals surface area contributed by atoms with Gasteiger partial charge in [-0.05, 0) is 46.1 Å². The molecule has 0 spiro atoms. The average Bonchev–Trinajstić information content (AvgIpc) is 2.78. The van der Waals surface area contributed by atoms with Crippen LogP contribution in [-0.4, -0.2) is 48.2 Å². The molecule has 1 unspecified atom stereocenters. The van der Waals surface area contributed by atoms with Crippen molar-refractivity contribution in [2.24, 2.45) is 4.99 Å². The van der Waals surface area contributed by atoms with Gasteiger partial charge in [0.25, 0.3) is 0 Å². The smallest absolute Gasteiger partial charge is 0.227 e. The Morgan fingerprint density at radius 3 is 2.44 bits per heavy atom. The van der Waals surface area contributed by atoms with Gasteiger partial charge in [0.05, 0.1) is 17.7 Å². The second-order valence-electron chi connectivity index (χ2n) is 7.94. The fraction of sp³-hybridized carbons (Fsp3) is 0.375. The van der Waals surface area contributed by atoms with Crippen LogP contribution in [0.15, 0.2) is 58.1 Å². The third-order valence-electron chi connectivity index (χ3n) is 5.55. The first kappa shape index (κ1) is 22.9. The SMILES string of the molecule is CC1N=C(OCc2ccc(F)cc2F)C(Br)=CN1Cc1ccc(CN2CCOCC2)cc1. The van der Waals surface area contributed by atoms with Crippen molar-refractivity contribution >= 4 is 21.8 Å². The van der Waals surface area contributed by atoms with Gasteiger partial charge in [0, 0.05) is 44.0 Å². The van der Waals surface area contributed by atoms with Gasteiger partial charge < -0.3 is 14.4 Å². The monoisotopic (exact) mass is 505 g/mol. The molecule has 0 N–H and O–H groups in total. The lowest BCUT2D eigenvalue weighted by Gasteiger charge is -2.30. The normalized spacial score (nSPS) is 19.5. The van der Waals surface area contributed by atoms with Crippen LogP contribution in [0.2, 0.25) is 0 Å². The lowest BCUT2D eigenvalue weighted by Crippen LogP contribution is -2.35. The van der Waals surface area contributed by atoms with E-state index >= 15 is 0 Å². The number of ether oxygens (including phenoxy) is 2. The van der Waals surface area contributed by atoms with Gasteiger partial charge in [0.15, 0.2) is 0 Å². The van der Waals surface area contributed by atoms with E-state index in [9.17, 15) is 8.78 Å². The molecule has 0 radical (unpaired) electrons. The molecule has 0 aliphatic carbocycles. The van der Waals surface area contributed by atoms with E-state index in [1.165, 1.54) is 23.3 Å². The van der Waals surface area contributed by atoms with Crippen LogP contribution >= 0.6 is 15.9 Å². The summed E-state index contributed by atoms with van der Waals surface area (Å²) in [6.45, 7) is 7.15. The van der Waals surface area contributed by atoms with E-state index in [-0.39, 0.29) is 18.3 Å². The Balaban J connectivity index is 1.33. The maximum Gasteiger partial charge on any atom is 0.227 e. The maximum atomic E-state index is 13.8. The second-order valence-corrected chi connectivity index (χ2v) is 8.80. The summed E-state index contributed by atoms with van der Waals surface area (Å²) >= 11 is 3.50. The number of halogens is 3. The van der Waals surface area contributed by atoms with E-state index in [0.717, 1.165) is 38.9 Å². The van der Waals surface area contributed by atoms with Gasteiger partial charge in [-0.15, -0.1) is 0 Å². The molecule has 1 fully saturated rings. The van der Waals surface area contributed by atoms with Crippen LogP contribution < -0.4 is 0 Å². The van der Waals surface area contributed by atoms with E-state index in [4.69, 9.17) is 9.47 Å².